The Morgan fingerprint density at radius 2 is 1.56 bits per heavy atom. The number of carbonyl (C=O) groups is 1. The standard InChI is InChI=1S/C24H17F3N2O2S/c25-24(26,27)19-10-6-18(7-11-19)22-29-21(15-32-22)17-8-12-20(13-9-17)28-23(30)31-14-16-4-2-1-3-5-16/h1-13,15H,14H2,(H,28,30). The Balaban J connectivity index is 1.38. The lowest BCUT2D eigenvalue weighted by Gasteiger charge is -2.07. The van der Waals surface area contributed by atoms with Gasteiger partial charge in [-0.3, -0.25) is 5.32 Å². The summed E-state index contributed by atoms with van der Waals surface area (Å²) in [6.45, 7) is 0.177. The summed E-state index contributed by atoms with van der Waals surface area (Å²) in [5.41, 5.74) is 2.92. The molecule has 0 aliphatic carbocycles. The quantitative estimate of drug-likeness (QED) is 0.346. The highest BCUT2D eigenvalue weighted by Crippen LogP contribution is 2.33. The van der Waals surface area contributed by atoms with Crippen molar-refractivity contribution in [3.8, 4) is 21.8 Å². The zero-order valence-corrected chi connectivity index (χ0v) is 17.4. The van der Waals surface area contributed by atoms with Gasteiger partial charge in [-0.25, -0.2) is 9.78 Å². The molecule has 1 aromatic heterocycles. The molecule has 1 heterocycles. The molecule has 4 rings (SSSR count). The van der Waals surface area contributed by atoms with Crippen molar-refractivity contribution in [3.05, 3.63) is 95.4 Å². The van der Waals surface area contributed by atoms with Crippen LogP contribution in [0, 0.1) is 0 Å². The molecular formula is C24H17F3N2O2S. The minimum atomic E-state index is -4.36. The number of rotatable bonds is 5. The molecule has 4 nitrogen and oxygen atoms in total. The van der Waals surface area contributed by atoms with Crippen LogP contribution in [0.25, 0.3) is 21.8 Å². The fourth-order valence-corrected chi connectivity index (χ4v) is 3.78. The van der Waals surface area contributed by atoms with Crippen LogP contribution in [-0.2, 0) is 17.5 Å². The Morgan fingerprint density at radius 1 is 0.906 bits per heavy atom. The molecule has 0 aliphatic heterocycles. The molecule has 1 amide bonds. The maximum Gasteiger partial charge on any atom is 0.416 e. The summed E-state index contributed by atoms with van der Waals surface area (Å²) >= 11 is 1.35. The summed E-state index contributed by atoms with van der Waals surface area (Å²) in [5, 5.41) is 5.13. The summed E-state index contributed by atoms with van der Waals surface area (Å²) in [6, 6.07) is 21.4. The van der Waals surface area contributed by atoms with Gasteiger partial charge in [0, 0.05) is 22.2 Å². The maximum atomic E-state index is 12.7. The van der Waals surface area contributed by atoms with E-state index in [1.54, 1.807) is 24.3 Å². The summed E-state index contributed by atoms with van der Waals surface area (Å²) < 4.78 is 43.4. The highest BCUT2D eigenvalue weighted by Gasteiger charge is 2.30. The molecule has 3 aromatic carbocycles. The van der Waals surface area contributed by atoms with Crippen molar-refractivity contribution in [1.82, 2.24) is 4.98 Å². The number of thiazole rings is 1. The van der Waals surface area contributed by atoms with Crippen molar-refractivity contribution in [2.45, 2.75) is 12.8 Å². The van der Waals surface area contributed by atoms with Gasteiger partial charge < -0.3 is 4.74 Å². The number of hydrogen-bond acceptors (Lipinski definition) is 4. The van der Waals surface area contributed by atoms with Gasteiger partial charge in [-0.15, -0.1) is 11.3 Å². The Bertz CT molecular complexity index is 1190. The Morgan fingerprint density at radius 3 is 2.22 bits per heavy atom. The van der Waals surface area contributed by atoms with Crippen LogP contribution < -0.4 is 5.32 Å². The van der Waals surface area contributed by atoms with Gasteiger partial charge in [-0.05, 0) is 29.8 Å². The van der Waals surface area contributed by atoms with Crippen LogP contribution in [0.4, 0.5) is 23.7 Å². The number of nitrogens with zero attached hydrogens (tertiary/aromatic N) is 1. The number of hydrogen-bond donors (Lipinski definition) is 1. The first-order chi connectivity index (χ1) is 15.4. The lowest BCUT2D eigenvalue weighted by Crippen LogP contribution is -2.13. The molecule has 0 unspecified atom stereocenters. The van der Waals surface area contributed by atoms with E-state index >= 15 is 0 Å². The molecule has 1 N–H and O–H groups in total. The largest absolute Gasteiger partial charge is 0.444 e. The summed E-state index contributed by atoms with van der Waals surface area (Å²) in [5.74, 6) is 0. The summed E-state index contributed by atoms with van der Waals surface area (Å²) in [6.07, 6.45) is -4.92. The van der Waals surface area contributed by atoms with Crippen LogP contribution in [-0.4, -0.2) is 11.1 Å². The number of carbonyl (C=O) groups excluding carboxylic acids is 1. The zero-order chi connectivity index (χ0) is 22.6. The fourth-order valence-electron chi connectivity index (χ4n) is 2.94. The minimum absolute atomic E-state index is 0.177. The lowest BCUT2D eigenvalue weighted by molar-refractivity contribution is -0.137. The zero-order valence-electron chi connectivity index (χ0n) is 16.6. The predicted molar refractivity (Wildman–Crippen MR) is 118 cm³/mol. The molecule has 4 aromatic rings. The van der Waals surface area contributed by atoms with Crippen molar-refractivity contribution < 1.29 is 22.7 Å². The summed E-state index contributed by atoms with van der Waals surface area (Å²) in [7, 11) is 0. The average molecular weight is 454 g/mol. The van der Waals surface area contributed by atoms with Crippen molar-refractivity contribution >= 4 is 23.1 Å². The van der Waals surface area contributed by atoms with Crippen LogP contribution in [0.15, 0.2) is 84.2 Å². The van der Waals surface area contributed by atoms with Crippen LogP contribution in [0.5, 0.6) is 0 Å². The fraction of sp³-hybridized carbons (Fsp3) is 0.0833. The molecule has 0 aliphatic rings. The van der Waals surface area contributed by atoms with Gasteiger partial charge >= 0.3 is 12.3 Å². The maximum absolute atomic E-state index is 12.7. The molecular weight excluding hydrogens is 437 g/mol. The number of nitrogens with one attached hydrogen (secondary N) is 1. The molecule has 162 valence electrons. The first-order valence-corrected chi connectivity index (χ1v) is 10.5. The van der Waals surface area contributed by atoms with Crippen molar-refractivity contribution in [2.75, 3.05) is 5.32 Å². The number of aromatic nitrogens is 1. The van der Waals surface area contributed by atoms with E-state index in [4.69, 9.17) is 4.74 Å². The number of benzene rings is 3. The van der Waals surface area contributed by atoms with Gasteiger partial charge in [0.15, 0.2) is 0 Å². The van der Waals surface area contributed by atoms with Crippen molar-refractivity contribution in [1.29, 1.82) is 0 Å². The Labute approximate surface area is 186 Å². The molecule has 0 fully saturated rings. The van der Waals surface area contributed by atoms with Gasteiger partial charge in [0.2, 0.25) is 0 Å². The Kier molecular flexibility index (Phi) is 6.23. The van der Waals surface area contributed by atoms with E-state index < -0.39 is 17.8 Å². The molecule has 0 atom stereocenters. The average Bonchev–Trinajstić information content (AvgIpc) is 3.29. The van der Waals surface area contributed by atoms with E-state index in [1.807, 2.05) is 35.7 Å². The second-order valence-corrected chi connectivity index (χ2v) is 7.74. The van der Waals surface area contributed by atoms with Gasteiger partial charge in [0.1, 0.15) is 11.6 Å². The number of anilines is 1. The van der Waals surface area contributed by atoms with Crippen LogP contribution >= 0.6 is 11.3 Å². The first-order valence-electron chi connectivity index (χ1n) is 9.60. The molecule has 0 radical (unpaired) electrons. The monoisotopic (exact) mass is 454 g/mol. The smallest absolute Gasteiger partial charge is 0.416 e. The van der Waals surface area contributed by atoms with Crippen LogP contribution in [0.2, 0.25) is 0 Å². The summed E-state index contributed by atoms with van der Waals surface area (Å²) in [4.78, 5) is 16.5. The Hall–Kier alpha value is -3.65. The third-order valence-electron chi connectivity index (χ3n) is 4.60. The topological polar surface area (TPSA) is 51.2 Å². The highest BCUT2D eigenvalue weighted by atomic mass is 32.1. The second kappa shape index (κ2) is 9.23. The number of alkyl halides is 3. The van der Waals surface area contributed by atoms with Crippen molar-refractivity contribution in [3.63, 3.8) is 0 Å². The predicted octanol–water partition coefficient (Wildman–Crippen LogP) is 7.24. The van der Waals surface area contributed by atoms with E-state index in [9.17, 15) is 18.0 Å². The second-order valence-electron chi connectivity index (χ2n) is 6.88. The first kappa shape index (κ1) is 21.6. The molecule has 0 saturated heterocycles. The van der Waals surface area contributed by atoms with Gasteiger partial charge in [-0.1, -0.05) is 54.6 Å². The van der Waals surface area contributed by atoms with Crippen LogP contribution in [0.1, 0.15) is 11.1 Å². The van der Waals surface area contributed by atoms with Gasteiger partial charge in [0.25, 0.3) is 0 Å². The van der Waals surface area contributed by atoms with E-state index in [2.05, 4.69) is 10.3 Å². The minimum Gasteiger partial charge on any atom is -0.444 e. The normalized spacial score (nSPS) is 11.2. The number of ether oxygens (including phenoxy) is 1. The van der Waals surface area contributed by atoms with Crippen LogP contribution in [0.3, 0.4) is 0 Å². The highest BCUT2D eigenvalue weighted by molar-refractivity contribution is 7.13. The van der Waals surface area contributed by atoms with Gasteiger partial charge in [-0.2, -0.15) is 13.2 Å². The molecule has 0 saturated carbocycles. The lowest BCUT2D eigenvalue weighted by atomic mass is 10.1. The number of halogens is 3. The van der Waals surface area contributed by atoms with Crippen molar-refractivity contribution in [2.24, 2.45) is 0 Å². The van der Waals surface area contributed by atoms with E-state index in [0.717, 1.165) is 23.3 Å². The number of amides is 1. The van der Waals surface area contributed by atoms with E-state index in [0.29, 0.717) is 22.0 Å². The van der Waals surface area contributed by atoms with Gasteiger partial charge in [0.05, 0.1) is 11.3 Å². The third kappa shape index (κ3) is 5.33. The SMILES string of the molecule is O=C(Nc1ccc(-c2csc(-c3ccc(C(F)(F)F)cc3)n2)cc1)OCc1ccccc1. The molecule has 8 heteroatoms. The molecule has 0 bridgehead atoms. The van der Waals surface area contributed by atoms with E-state index in [1.165, 1.54) is 23.5 Å². The molecule has 32 heavy (non-hydrogen) atoms. The third-order valence-corrected chi connectivity index (χ3v) is 5.49. The molecule has 0 spiro atoms. The van der Waals surface area contributed by atoms with E-state index in [-0.39, 0.29) is 6.61 Å².